The molecule has 2 aromatic rings. The second-order valence-electron chi connectivity index (χ2n) is 2.62. The van der Waals surface area contributed by atoms with Gasteiger partial charge in [-0.05, 0) is 18.6 Å². The highest BCUT2D eigenvalue weighted by molar-refractivity contribution is 5.80. The van der Waals surface area contributed by atoms with Gasteiger partial charge in [0.25, 0.3) is 5.95 Å². The smallest absolute Gasteiger partial charge is 0.270 e. The lowest BCUT2D eigenvalue weighted by Crippen LogP contribution is -1.73. The van der Waals surface area contributed by atoms with Gasteiger partial charge in [0, 0.05) is 5.18 Å². The lowest BCUT2D eigenvalue weighted by molar-refractivity contribution is 1.25. The molecule has 0 unspecified atom stereocenters. The first-order valence-electron chi connectivity index (χ1n) is 3.60. The Balaban J connectivity index is 2.82. The van der Waals surface area contributed by atoms with Gasteiger partial charge in [-0.2, -0.15) is 0 Å². The number of benzene rings is 1. The highest BCUT2D eigenvalue weighted by atomic mass is 16.3. The van der Waals surface area contributed by atoms with Crippen LogP contribution in [0.5, 0.6) is 0 Å². The zero-order valence-electron chi connectivity index (χ0n) is 6.53. The molecule has 12 heavy (non-hydrogen) atoms. The average Bonchev–Trinajstić information content (AvgIpc) is 2.49. The van der Waals surface area contributed by atoms with E-state index in [0.717, 1.165) is 16.6 Å². The van der Waals surface area contributed by atoms with Crippen LogP contribution in [0.4, 0.5) is 5.95 Å². The van der Waals surface area contributed by atoms with Crippen LogP contribution < -0.4 is 0 Å². The zero-order chi connectivity index (χ0) is 8.55. The number of nitrogens with one attached hydrogen (secondary N) is 1. The molecule has 0 radical (unpaired) electrons. The van der Waals surface area contributed by atoms with E-state index >= 15 is 0 Å². The summed E-state index contributed by atoms with van der Waals surface area (Å²) in [4.78, 5) is 16.9. The third-order valence-corrected chi connectivity index (χ3v) is 1.79. The number of aryl methyl sites for hydroxylation is 1. The van der Waals surface area contributed by atoms with Crippen molar-refractivity contribution in [1.82, 2.24) is 9.97 Å². The SMILES string of the molecule is Cc1cccc2[nH]c(N=O)nc12. The normalized spacial score (nSPS) is 10.4. The van der Waals surface area contributed by atoms with Crippen LogP contribution >= 0.6 is 0 Å². The first-order chi connectivity index (χ1) is 5.81. The fraction of sp³-hybridized carbons (Fsp3) is 0.125. The van der Waals surface area contributed by atoms with Crippen molar-refractivity contribution in [3.63, 3.8) is 0 Å². The Morgan fingerprint density at radius 1 is 1.50 bits per heavy atom. The number of nitrogens with zero attached hydrogens (tertiary/aromatic N) is 2. The topological polar surface area (TPSA) is 58.1 Å². The number of nitroso groups, excluding NO2 is 1. The first-order valence-corrected chi connectivity index (χ1v) is 3.60. The Labute approximate surface area is 68.6 Å². The minimum atomic E-state index is 0.138. The Hall–Kier alpha value is -1.71. The van der Waals surface area contributed by atoms with Gasteiger partial charge >= 0.3 is 0 Å². The summed E-state index contributed by atoms with van der Waals surface area (Å²) >= 11 is 0. The van der Waals surface area contributed by atoms with Crippen LogP contribution in [0.25, 0.3) is 11.0 Å². The molecule has 0 fully saturated rings. The van der Waals surface area contributed by atoms with Crippen molar-refractivity contribution >= 4 is 17.0 Å². The minimum absolute atomic E-state index is 0.138. The molecule has 1 N–H and O–H groups in total. The molecule has 0 saturated carbocycles. The Kier molecular flexibility index (Phi) is 1.40. The third kappa shape index (κ3) is 0.887. The van der Waals surface area contributed by atoms with E-state index in [9.17, 15) is 4.91 Å². The molecule has 4 nitrogen and oxygen atoms in total. The van der Waals surface area contributed by atoms with Crippen molar-refractivity contribution in [1.29, 1.82) is 0 Å². The predicted octanol–water partition coefficient (Wildman–Crippen LogP) is 2.27. The number of rotatable bonds is 1. The fourth-order valence-electron chi connectivity index (χ4n) is 1.21. The molecule has 1 aromatic heterocycles. The number of aromatic amines is 1. The van der Waals surface area contributed by atoms with Gasteiger partial charge < -0.3 is 4.98 Å². The molecule has 1 aromatic carbocycles. The summed E-state index contributed by atoms with van der Waals surface area (Å²) < 4.78 is 0. The number of aromatic nitrogens is 2. The fourth-order valence-corrected chi connectivity index (χ4v) is 1.21. The van der Waals surface area contributed by atoms with E-state index < -0.39 is 0 Å². The highest BCUT2D eigenvalue weighted by Crippen LogP contribution is 2.18. The molecule has 0 aliphatic heterocycles. The lowest BCUT2D eigenvalue weighted by Gasteiger charge is -1.90. The molecular weight excluding hydrogens is 154 g/mol. The summed E-state index contributed by atoms with van der Waals surface area (Å²) in [5.74, 6) is 0.138. The van der Waals surface area contributed by atoms with Crippen LogP contribution in [0.3, 0.4) is 0 Å². The van der Waals surface area contributed by atoms with Crippen molar-refractivity contribution in [3.05, 3.63) is 28.7 Å². The molecule has 0 aliphatic carbocycles. The molecule has 1 heterocycles. The first kappa shape index (κ1) is 6.97. The van der Waals surface area contributed by atoms with Gasteiger partial charge in [0.15, 0.2) is 0 Å². The van der Waals surface area contributed by atoms with E-state index in [2.05, 4.69) is 15.1 Å². The summed E-state index contributed by atoms with van der Waals surface area (Å²) in [6, 6.07) is 5.71. The van der Waals surface area contributed by atoms with E-state index in [1.807, 2.05) is 25.1 Å². The van der Waals surface area contributed by atoms with E-state index in [-0.39, 0.29) is 5.95 Å². The van der Waals surface area contributed by atoms with Crippen LogP contribution in [0.1, 0.15) is 5.56 Å². The minimum Gasteiger partial charge on any atom is -0.320 e. The molecular formula is C8H7N3O. The largest absolute Gasteiger partial charge is 0.320 e. The second-order valence-corrected chi connectivity index (χ2v) is 2.62. The van der Waals surface area contributed by atoms with Crippen molar-refractivity contribution < 1.29 is 0 Å². The molecule has 4 heteroatoms. The standard InChI is InChI=1S/C8H7N3O/c1-5-3-2-4-6-7(5)10-8(9-6)11-12/h2-4H,1H3,(H,9,10). The summed E-state index contributed by atoms with van der Waals surface area (Å²) in [7, 11) is 0. The lowest BCUT2D eigenvalue weighted by atomic mass is 10.2. The summed E-state index contributed by atoms with van der Waals surface area (Å²) in [6.45, 7) is 1.94. The Morgan fingerprint density at radius 3 is 3.00 bits per heavy atom. The molecule has 0 spiro atoms. The van der Waals surface area contributed by atoms with Gasteiger partial charge in [-0.25, -0.2) is 4.98 Å². The van der Waals surface area contributed by atoms with Crippen molar-refractivity contribution in [2.24, 2.45) is 5.18 Å². The van der Waals surface area contributed by atoms with Crippen LogP contribution in [-0.2, 0) is 0 Å². The van der Waals surface area contributed by atoms with Crippen LogP contribution in [0.2, 0.25) is 0 Å². The molecule has 0 bridgehead atoms. The number of hydrogen-bond acceptors (Lipinski definition) is 3. The number of imidazole rings is 1. The number of fused-ring (bicyclic) bond motifs is 1. The van der Waals surface area contributed by atoms with Gasteiger partial charge in [-0.15, -0.1) is 4.91 Å². The maximum absolute atomic E-state index is 10.1. The monoisotopic (exact) mass is 161 g/mol. The zero-order valence-corrected chi connectivity index (χ0v) is 6.53. The molecule has 0 aliphatic rings. The molecule has 0 amide bonds. The average molecular weight is 161 g/mol. The number of para-hydroxylation sites is 1. The van der Waals surface area contributed by atoms with Crippen LogP contribution in [-0.4, -0.2) is 9.97 Å². The van der Waals surface area contributed by atoms with Crippen LogP contribution in [0.15, 0.2) is 23.4 Å². The Bertz CT molecular complexity index is 433. The molecule has 0 atom stereocenters. The molecule has 60 valence electrons. The quantitative estimate of drug-likeness (QED) is 0.652. The second kappa shape index (κ2) is 2.41. The number of H-pyrrole nitrogens is 1. The number of hydrogen-bond donors (Lipinski definition) is 1. The van der Waals surface area contributed by atoms with Gasteiger partial charge in [-0.3, -0.25) is 0 Å². The van der Waals surface area contributed by atoms with Crippen molar-refractivity contribution in [2.75, 3.05) is 0 Å². The van der Waals surface area contributed by atoms with Gasteiger partial charge in [0.2, 0.25) is 0 Å². The van der Waals surface area contributed by atoms with Gasteiger partial charge in [-0.1, -0.05) is 12.1 Å². The maximum Gasteiger partial charge on any atom is 0.270 e. The van der Waals surface area contributed by atoms with Gasteiger partial charge in [0.05, 0.1) is 11.0 Å². The maximum atomic E-state index is 10.1. The van der Waals surface area contributed by atoms with E-state index in [0.29, 0.717) is 0 Å². The summed E-state index contributed by atoms with van der Waals surface area (Å²) in [6.07, 6.45) is 0. The van der Waals surface area contributed by atoms with Crippen molar-refractivity contribution in [2.45, 2.75) is 6.92 Å². The predicted molar refractivity (Wildman–Crippen MR) is 46.3 cm³/mol. The molecule has 2 rings (SSSR count). The summed E-state index contributed by atoms with van der Waals surface area (Å²) in [5.41, 5.74) is 2.70. The molecule has 0 saturated heterocycles. The van der Waals surface area contributed by atoms with E-state index in [1.54, 1.807) is 0 Å². The van der Waals surface area contributed by atoms with Gasteiger partial charge in [0.1, 0.15) is 0 Å². The third-order valence-electron chi connectivity index (χ3n) is 1.79. The van der Waals surface area contributed by atoms with Crippen molar-refractivity contribution in [3.8, 4) is 0 Å². The Morgan fingerprint density at radius 2 is 2.33 bits per heavy atom. The highest BCUT2D eigenvalue weighted by Gasteiger charge is 2.03. The summed E-state index contributed by atoms with van der Waals surface area (Å²) in [5, 5.41) is 2.73. The van der Waals surface area contributed by atoms with E-state index in [4.69, 9.17) is 0 Å². The van der Waals surface area contributed by atoms with E-state index in [1.165, 1.54) is 0 Å². The van der Waals surface area contributed by atoms with Crippen LogP contribution in [0, 0.1) is 11.8 Å².